The van der Waals surface area contributed by atoms with Gasteiger partial charge in [-0.1, -0.05) is 31.6 Å². The molecule has 4 rings (SSSR count). The average molecular weight is 461 g/mol. The molecular formula is C27H28N2O5. The SMILES string of the molecule is CC1=CC[C@@H]2C(=O)N(c3cccc(C(=O)Nc4ccc(C(=O)OCC(C)C)cc4)c3)C(=O)[C@H]2C1. The fraction of sp³-hybridized carbons (Fsp3) is 0.333. The molecule has 1 fully saturated rings. The van der Waals surface area contributed by atoms with Gasteiger partial charge in [-0.15, -0.1) is 0 Å². The minimum absolute atomic E-state index is 0.208. The van der Waals surface area contributed by atoms with Gasteiger partial charge in [0.2, 0.25) is 11.8 Å². The summed E-state index contributed by atoms with van der Waals surface area (Å²) in [7, 11) is 0. The van der Waals surface area contributed by atoms with E-state index in [0.717, 1.165) is 5.57 Å². The van der Waals surface area contributed by atoms with Crippen molar-refractivity contribution in [2.45, 2.75) is 33.6 Å². The van der Waals surface area contributed by atoms with Crippen LogP contribution in [0.2, 0.25) is 0 Å². The minimum Gasteiger partial charge on any atom is -0.462 e. The molecule has 0 unspecified atom stereocenters. The lowest BCUT2D eigenvalue weighted by Gasteiger charge is -2.18. The van der Waals surface area contributed by atoms with Crippen LogP contribution in [0.15, 0.2) is 60.2 Å². The van der Waals surface area contributed by atoms with E-state index in [4.69, 9.17) is 4.74 Å². The van der Waals surface area contributed by atoms with E-state index in [0.29, 0.717) is 42.0 Å². The molecule has 7 heteroatoms. The van der Waals surface area contributed by atoms with E-state index in [1.54, 1.807) is 48.5 Å². The molecule has 2 aromatic carbocycles. The number of hydrogen-bond donors (Lipinski definition) is 1. The average Bonchev–Trinajstić information content (AvgIpc) is 3.07. The van der Waals surface area contributed by atoms with E-state index in [-0.39, 0.29) is 35.5 Å². The molecule has 0 bridgehead atoms. The molecule has 34 heavy (non-hydrogen) atoms. The lowest BCUT2D eigenvalue weighted by atomic mass is 9.82. The molecule has 1 heterocycles. The van der Waals surface area contributed by atoms with E-state index in [1.807, 2.05) is 26.8 Å². The summed E-state index contributed by atoms with van der Waals surface area (Å²) in [5, 5.41) is 2.78. The third-order valence-electron chi connectivity index (χ3n) is 6.12. The van der Waals surface area contributed by atoms with E-state index >= 15 is 0 Å². The molecule has 2 aromatic rings. The van der Waals surface area contributed by atoms with Crippen molar-refractivity contribution >= 4 is 35.1 Å². The van der Waals surface area contributed by atoms with Gasteiger partial charge in [0.05, 0.1) is 29.7 Å². The molecule has 0 saturated carbocycles. The number of carbonyl (C=O) groups is 4. The van der Waals surface area contributed by atoms with Gasteiger partial charge < -0.3 is 10.1 Å². The first kappa shape index (κ1) is 23.4. The van der Waals surface area contributed by atoms with Crippen LogP contribution in [0.4, 0.5) is 11.4 Å². The van der Waals surface area contributed by atoms with Crippen LogP contribution in [0.1, 0.15) is 54.3 Å². The Kier molecular flexibility index (Phi) is 6.63. The molecule has 1 aliphatic carbocycles. The lowest BCUT2D eigenvalue weighted by molar-refractivity contribution is -0.122. The van der Waals surface area contributed by atoms with Crippen LogP contribution in [0, 0.1) is 17.8 Å². The van der Waals surface area contributed by atoms with Crippen molar-refractivity contribution < 1.29 is 23.9 Å². The standard InChI is InChI=1S/C27H28N2O5/c1-16(2)15-34-27(33)18-8-10-20(11-9-18)28-24(30)19-5-4-6-21(14-19)29-25(31)22-12-7-17(3)13-23(22)26(29)32/h4-11,14,16,22-23H,12-13,15H2,1-3H3,(H,28,30)/t22-,23-/m0/s1. The summed E-state index contributed by atoms with van der Waals surface area (Å²) in [6.45, 7) is 6.24. The Labute approximate surface area is 198 Å². The van der Waals surface area contributed by atoms with Crippen LogP contribution in [0.25, 0.3) is 0 Å². The van der Waals surface area contributed by atoms with Crippen LogP contribution < -0.4 is 10.2 Å². The fourth-order valence-electron chi connectivity index (χ4n) is 4.30. The van der Waals surface area contributed by atoms with Crippen molar-refractivity contribution in [1.82, 2.24) is 0 Å². The number of ether oxygens (including phenoxy) is 1. The quantitative estimate of drug-likeness (QED) is 0.386. The van der Waals surface area contributed by atoms with E-state index < -0.39 is 5.97 Å². The Bertz CT molecular complexity index is 1170. The molecule has 2 atom stereocenters. The number of imide groups is 1. The summed E-state index contributed by atoms with van der Waals surface area (Å²) in [5.41, 5.74) is 2.76. The number of allylic oxidation sites excluding steroid dienone is 2. The van der Waals surface area contributed by atoms with E-state index in [9.17, 15) is 19.2 Å². The monoisotopic (exact) mass is 460 g/mol. The van der Waals surface area contributed by atoms with E-state index in [2.05, 4.69) is 5.32 Å². The zero-order valence-corrected chi connectivity index (χ0v) is 19.5. The molecule has 1 N–H and O–H groups in total. The fourth-order valence-corrected chi connectivity index (χ4v) is 4.30. The zero-order chi connectivity index (χ0) is 24.4. The Morgan fingerprint density at radius 2 is 1.74 bits per heavy atom. The highest BCUT2D eigenvalue weighted by Gasteiger charge is 2.48. The molecule has 176 valence electrons. The van der Waals surface area contributed by atoms with Crippen LogP contribution in [-0.2, 0) is 14.3 Å². The van der Waals surface area contributed by atoms with Gasteiger partial charge in [-0.3, -0.25) is 19.3 Å². The molecule has 2 aliphatic rings. The third-order valence-corrected chi connectivity index (χ3v) is 6.12. The molecular weight excluding hydrogens is 432 g/mol. The van der Waals surface area contributed by atoms with Gasteiger partial charge in [-0.2, -0.15) is 0 Å². The highest BCUT2D eigenvalue weighted by Crippen LogP contribution is 2.39. The first-order chi connectivity index (χ1) is 16.2. The van der Waals surface area contributed by atoms with Crippen molar-refractivity contribution in [3.63, 3.8) is 0 Å². The predicted molar refractivity (Wildman–Crippen MR) is 128 cm³/mol. The second kappa shape index (κ2) is 9.63. The number of hydrogen-bond acceptors (Lipinski definition) is 5. The van der Waals surface area contributed by atoms with Gasteiger partial charge >= 0.3 is 5.97 Å². The molecule has 1 aliphatic heterocycles. The van der Waals surface area contributed by atoms with Crippen LogP contribution in [0.3, 0.4) is 0 Å². The number of nitrogens with zero attached hydrogens (tertiary/aromatic N) is 1. The maximum absolute atomic E-state index is 13.0. The number of rotatable bonds is 6. The largest absolute Gasteiger partial charge is 0.462 e. The van der Waals surface area contributed by atoms with Gasteiger partial charge in [0.25, 0.3) is 5.91 Å². The molecule has 3 amide bonds. The van der Waals surface area contributed by atoms with Crippen molar-refractivity contribution in [2.24, 2.45) is 17.8 Å². The maximum atomic E-state index is 13.0. The van der Waals surface area contributed by atoms with Gasteiger partial charge in [0.15, 0.2) is 0 Å². The van der Waals surface area contributed by atoms with Crippen LogP contribution in [0.5, 0.6) is 0 Å². The third kappa shape index (κ3) is 4.78. The van der Waals surface area contributed by atoms with Gasteiger partial charge in [-0.25, -0.2) is 4.79 Å². The van der Waals surface area contributed by atoms with Crippen molar-refractivity contribution in [3.8, 4) is 0 Å². The first-order valence-electron chi connectivity index (χ1n) is 11.5. The van der Waals surface area contributed by atoms with Crippen molar-refractivity contribution in [3.05, 3.63) is 71.3 Å². The maximum Gasteiger partial charge on any atom is 0.338 e. The number of esters is 1. The van der Waals surface area contributed by atoms with E-state index in [1.165, 1.54) is 4.90 Å². The molecule has 7 nitrogen and oxygen atoms in total. The Morgan fingerprint density at radius 1 is 1.03 bits per heavy atom. The number of benzene rings is 2. The van der Waals surface area contributed by atoms with Gasteiger partial charge in [-0.05, 0) is 68.1 Å². The Hall–Kier alpha value is -3.74. The summed E-state index contributed by atoms with van der Waals surface area (Å²) < 4.78 is 5.21. The second-order valence-corrected chi connectivity index (χ2v) is 9.29. The molecule has 0 spiro atoms. The normalized spacial score (nSPS) is 19.6. The Morgan fingerprint density at radius 3 is 2.44 bits per heavy atom. The summed E-state index contributed by atoms with van der Waals surface area (Å²) in [5.74, 6) is -1.64. The number of fused-ring (bicyclic) bond motifs is 1. The summed E-state index contributed by atoms with van der Waals surface area (Å²) in [6.07, 6.45) is 3.18. The zero-order valence-electron chi connectivity index (χ0n) is 19.5. The molecule has 0 aromatic heterocycles. The highest BCUT2D eigenvalue weighted by atomic mass is 16.5. The topological polar surface area (TPSA) is 92.8 Å². The summed E-state index contributed by atoms with van der Waals surface area (Å²) in [4.78, 5) is 52.0. The van der Waals surface area contributed by atoms with Crippen molar-refractivity contribution in [2.75, 3.05) is 16.8 Å². The number of carbonyl (C=O) groups excluding carboxylic acids is 4. The number of nitrogens with one attached hydrogen (secondary N) is 1. The first-order valence-corrected chi connectivity index (χ1v) is 11.5. The Balaban J connectivity index is 1.45. The number of amides is 3. The second-order valence-electron chi connectivity index (χ2n) is 9.29. The lowest BCUT2D eigenvalue weighted by Crippen LogP contribution is -2.31. The van der Waals surface area contributed by atoms with Crippen LogP contribution >= 0.6 is 0 Å². The van der Waals surface area contributed by atoms with Gasteiger partial charge in [0.1, 0.15) is 0 Å². The number of anilines is 2. The molecule has 0 radical (unpaired) electrons. The van der Waals surface area contributed by atoms with Gasteiger partial charge in [0, 0.05) is 11.3 Å². The summed E-state index contributed by atoms with van der Waals surface area (Å²) >= 11 is 0. The smallest absolute Gasteiger partial charge is 0.338 e. The van der Waals surface area contributed by atoms with Crippen LogP contribution in [-0.4, -0.2) is 30.3 Å². The highest BCUT2D eigenvalue weighted by molar-refractivity contribution is 6.22. The summed E-state index contributed by atoms with van der Waals surface area (Å²) in [6, 6.07) is 12.9. The minimum atomic E-state index is -0.412. The predicted octanol–water partition coefficient (Wildman–Crippen LogP) is 4.60. The van der Waals surface area contributed by atoms with Crippen molar-refractivity contribution in [1.29, 1.82) is 0 Å². The molecule has 1 saturated heterocycles.